The smallest absolute Gasteiger partial charge is 0.229 e. The summed E-state index contributed by atoms with van der Waals surface area (Å²) < 4.78 is 0. The Kier molecular flexibility index (Phi) is 8.20. The summed E-state index contributed by atoms with van der Waals surface area (Å²) in [6.07, 6.45) is 2.42. The van der Waals surface area contributed by atoms with Gasteiger partial charge in [0.25, 0.3) is 0 Å². The lowest BCUT2D eigenvalue weighted by molar-refractivity contribution is -0.114. The fourth-order valence-corrected chi connectivity index (χ4v) is 4.61. The van der Waals surface area contributed by atoms with Crippen LogP contribution in [0, 0.1) is 5.92 Å². The summed E-state index contributed by atoms with van der Waals surface area (Å²) in [5.74, 6) is 1.37. The molecule has 0 amide bonds. The van der Waals surface area contributed by atoms with Crippen LogP contribution in [0.25, 0.3) is 0 Å². The fraction of sp³-hybridized carbons (Fsp3) is 0.750. The predicted octanol–water partition coefficient (Wildman–Crippen LogP) is 2.44. The van der Waals surface area contributed by atoms with Crippen LogP contribution in [0.15, 0.2) is 0 Å². The van der Waals surface area contributed by atoms with Crippen molar-refractivity contribution in [3.05, 3.63) is 0 Å². The number of carbonyl (C=O) groups excluding carboxylic acids is 2. The van der Waals surface area contributed by atoms with Crippen LogP contribution < -0.4 is 0 Å². The molecule has 0 aliphatic rings. The van der Waals surface area contributed by atoms with E-state index in [1.165, 1.54) is 0 Å². The predicted molar refractivity (Wildman–Crippen MR) is 66.1 cm³/mol. The van der Waals surface area contributed by atoms with Crippen molar-refractivity contribution >= 4 is 54.4 Å². The van der Waals surface area contributed by atoms with Gasteiger partial charge in [-0.05, 0) is 30.1 Å². The van der Waals surface area contributed by atoms with Crippen molar-refractivity contribution in [1.82, 2.24) is 0 Å². The number of hydrogen-bond acceptors (Lipinski definition) is 3. The highest BCUT2D eigenvalue weighted by molar-refractivity contribution is 8.73. The van der Waals surface area contributed by atoms with E-state index in [2.05, 4.69) is 0 Å². The first-order valence-corrected chi connectivity index (χ1v) is 8.13. The molecule has 0 aliphatic heterocycles. The first-order chi connectivity index (χ1) is 6.43. The molecule has 0 aliphatic carbocycles. The number of carbonyl (C=O) groups is 2. The Bertz CT molecular complexity index is 212. The highest BCUT2D eigenvalue weighted by atomic mass is 35.5. The van der Waals surface area contributed by atoms with Gasteiger partial charge in [0.15, 0.2) is 0 Å². The van der Waals surface area contributed by atoms with Crippen LogP contribution >= 0.6 is 34.0 Å². The molecule has 2 atom stereocenters. The van der Waals surface area contributed by atoms with Gasteiger partial charge in [-0.3, -0.25) is 9.59 Å². The summed E-state index contributed by atoms with van der Waals surface area (Å²) in [7, 11) is 1.73. The molecule has 0 saturated heterocycles. The van der Waals surface area contributed by atoms with Gasteiger partial charge in [-0.25, -0.2) is 0 Å². The molecule has 82 valence electrons. The van der Waals surface area contributed by atoms with Crippen LogP contribution in [0.5, 0.6) is 0 Å². The summed E-state index contributed by atoms with van der Waals surface area (Å²) in [5, 5.41) is -0.602. The lowest BCUT2D eigenvalue weighted by Gasteiger charge is -2.04. The Labute approximate surface area is 101 Å². The molecule has 0 aromatic carbocycles. The molecule has 0 aromatic rings. The second kappa shape index (κ2) is 7.85. The maximum absolute atomic E-state index is 10.7. The van der Waals surface area contributed by atoms with Gasteiger partial charge in [0.05, 0.1) is 32.4 Å². The lowest BCUT2D eigenvalue weighted by atomic mass is 10.2. The zero-order valence-electron chi connectivity index (χ0n) is 8.09. The SMILES string of the molecule is CC(C[S+](C)SCCC(=O)Cl)C(=O)Cl. The van der Waals surface area contributed by atoms with Crippen LogP contribution in [0.2, 0.25) is 0 Å². The molecule has 0 N–H and O–H groups in total. The van der Waals surface area contributed by atoms with Crippen molar-refractivity contribution in [3.63, 3.8) is 0 Å². The second-order valence-electron chi connectivity index (χ2n) is 2.87. The first kappa shape index (κ1) is 14.6. The topological polar surface area (TPSA) is 34.1 Å². The van der Waals surface area contributed by atoms with Gasteiger partial charge in [-0.1, -0.05) is 0 Å². The molecule has 2 unspecified atom stereocenters. The Balaban J connectivity index is 3.59. The molecule has 14 heavy (non-hydrogen) atoms. The minimum absolute atomic E-state index is 0.0634. The lowest BCUT2D eigenvalue weighted by Crippen LogP contribution is -2.15. The molecule has 0 bridgehead atoms. The average Bonchev–Trinajstić information content (AvgIpc) is 2.02. The summed E-state index contributed by atoms with van der Waals surface area (Å²) in [5.41, 5.74) is 0. The summed E-state index contributed by atoms with van der Waals surface area (Å²) >= 11 is 10.5. The zero-order valence-corrected chi connectivity index (χ0v) is 11.2. The normalized spacial score (nSPS) is 14.9. The highest BCUT2D eigenvalue weighted by Crippen LogP contribution is 2.19. The van der Waals surface area contributed by atoms with E-state index in [0.717, 1.165) is 5.75 Å². The molecule has 0 fully saturated rings. The standard InChI is InChI=1S/C8H13Cl2O2S2/c1-6(8(10)12)5-14(2)13-4-3-7(9)11/h6H,3-5H2,1-2H3/q+1. The maximum Gasteiger partial charge on any atom is 0.229 e. The van der Waals surface area contributed by atoms with E-state index >= 15 is 0 Å². The van der Waals surface area contributed by atoms with Gasteiger partial charge in [-0.2, -0.15) is 0 Å². The molecule has 0 saturated carbocycles. The monoisotopic (exact) mass is 275 g/mol. The molecule has 2 nitrogen and oxygen atoms in total. The van der Waals surface area contributed by atoms with Crippen molar-refractivity contribution in [2.24, 2.45) is 5.92 Å². The average molecular weight is 276 g/mol. The summed E-state index contributed by atoms with van der Waals surface area (Å²) in [4.78, 5) is 21.2. The number of rotatable bonds is 7. The van der Waals surface area contributed by atoms with Crippen LogP contribution in [0.1, 0.15) is 13.3 Å². The van der Waals surface area contributed by atoms with Crippen molar-refractivity contribution in [3.8, 4) is 0 Å². The fourth-order valence-electron chi connectivity index (χ4n) is 0.730. The van der Waals surface area contributed by atoms with Crippen molar-refractivity contribution in [1.29, 1.82) is 0 Å². The van der Waals surface area contributed by atoms with E-state index in [0.29, 0.717) is 12.2 Å². The van der Waals surface area contributed by atoms with E-state index < -0.39 is 0 Å². The molecule has 0 spiro atoms. The molecule has 6 heteroatoms. The van der Waals surface area contributed by atoms with Gasteiger partial charge in [0.2, 0.25) is 10.5 Å². The van der Waals surface area contributed by atoms with Crippen LogP contribution in [0.4, 0.5) is 0 Å². The minimum atomic E-state index is -0.309. The molecule has 0 radical (unpaired) electrons. The molecular weight excluding hydrogens is 263 g/mol. The minimum Gasteiger partial charge on any atom is -0.281 e. The van der Waals surface area contributed by atoms with E-state index in [9.17, 15) is 9.59 Å². The molecule has 0 aromatic heterocycles. The third kappa shape index (κ3) is 7.97. The Morgan fingerprint density at radius 2 is 2.00 bits per heavy atom. The van der Waals surface area contributed by atoms with E-state index in [1.807, 2.05) is 13.2 Å². The molecule has 0 heterocycles. The van der Waals surface area contributed by atoms with Gasteiger partial charge in [0, 0.05) is 6.42 Å². The third-order valence-corrected chi connectivity index (χ3v) is 5.87. The second-order valence-corrected chi connectivity index (χ2v) is 8.20. The largest absolute Gasteiger partial charge is 0.281 e. The molecule has 0 rings (SSSR count). The Morgan fingerprint density at radius 1 is 1.43 bits per heavy atom. The third-order valence-electron chi connectivity index (χ3n) is 1.46. The number of halogens is 2. The van der Waals surface area contributed by atoms with E-state index in [-0.39, 0.29) is 26.3 Å². The van der Waals surface area contributed by atoms with Crippen LogP contribution in [0.3, 0.4) is 0 Å². The maximum atomic E-state index is 10.7. The summed E-state index contributed by atoms with van der Waals surface area (Å²) in [6.45, 7) is 1.81. The van der Waals surface area contributed by atoms with Gasteiger partial charge in [-0.15, -0.1) is 0 Å². The van der Waals surface area contributed by atoms with Crippen molar-refractivity contribution in [2.45, 2.75) is 13.3 Å². The van der Waals surface area contributed by atoms with Crippen LogP contribution in [-0.4, -0.2) is 28.2 Å². The quantitative estimate of drug-likeness (QED) is 0.407. The van der Waals surface area contributed by atoms with E-state index in [4.69, 9.17) is 23.2 Å². The van der Waals surface area contributed by atoms with Crippen molar-refractivity contribution in [2.75, 3.05) is 17.8 Å². The van der Waals surface area contributed by atoms with Gasteiger partial charge in [0.1, 0.15) is 12.0 Å². The number of hydrogen-bond donors (Lipinski definition) is 0. The Hall–Kier alpha value is 0.620. The first-order valence-electron chi connectivity index (χ1n) is 4.07. The van der Waals surface area contributed by atoms with E-state index in [1.54, 1.807) is 10.8 Å². The van der Waals surface area contributed by atoms with Crippen molar-refractivity contribution < 1.29 is 9.59 Å². The Morgan fingerprint density at radius 3 is 2.43 bits per heavy atom. The molecular formula is C8H13Cl2O2S2+. The van der Waals surface area contributed by atoms with Gasteiger partial charge >= 0.3 is 0 Å². The highest BCUT2D eigenvalue weighted by Gasteiger charge is 2.22. The van der Waals surface area contributed by atoms with Gasteiger partial charge < -0.3 is 0 Å². The zero-order chi connectivity index (χ0) is 11.1. The summed E-state index contributed by atoms with van der Waals surface area (Å²) in [6, 6.07) is 0. The van der Waals surface area contributed by atoms with Crippen LogP contribution in [-0.2, 0) is 19.5 Å².